The van der Waals surface area contributed by atoms with E-state index in [0.29, 0.717) is 29.9 Å². The summed E-state index contributed by atoms with van der Waals surface area (Å²) in [7, 11) is 0. The van der Waals surface area contributed by atoms with Gasteiger partial charge in [0.05, 0.1) is 12.5 Å². The van der Waals surface area contributed by atoms with Gasteiger partial charge in [0.2, 0.25) is 5.91 Å². The molecular formula is C21H30N2O2. The molecule has 1 saturated heterocycles. The Kier molecular flexibility index (Phi) is 4.48. The van der Waals surface area contributed by atoms with Crippen LogP contribution in [0.1, 0.15) is 45.1 Å². The van der Waals surface area contributed by atoms with Crippen LogP contribution in [-0.2, 0) is 16.0 Å². The van der Waals surface area contributed by atoms with Crippen molar-refractivity contribution in [3.8, 4) is 0 Å². The second-order valence-electron chi connectivity index (χ2n) is 7.89. The SMILES string of the molecule is CCN(CC)C(=O)Cc1ccc(NC2C3CCOC3C23CCC3)cc1. The minimum Gasteiger partial charge on any atom is -0.381 e. The van der Waals surface area contributed by atoms with Gasteiger partial charge in [-0.3, -0.25) is 4.79 Å². The van der Waals surface area contributed by atoms with E-state index in [9.17, 15) is 4.79 Å². The molecule has 25 heavy (non-hydrogen) atoms. The molecule has 3 atom stereocenters. The molecule has 1 N–H and O–H groups in total. The number of nitrogens with one attached hydrogen (secondary N) is 1. The minimum absolute atomic E-state index is 0.212. The number of rotatable bonds is 6. The normalized spacial score (nSPS) is 28.8. The average molecular weight is 342 g/mol. The number of benzene rings is 1. The molecule has 2 aliphatic carbocycles. The van der Waals surface area contributed by atoms with E-state index in [2.05, 4.69) is 29.6 Å². The van der Waals surface area contributed by atoms with E-state index in [0.717, 1.165) is 25.3 Å². The molecule has 3 fully saturated rings. The topological polar surface area (TPSA) is 41.6 Å². The van der Waals surface area contributed by atoms with Crippen molar-refractivity contribution in [2.45, 2.75) is 58.1 Å². The summed E-state index contributed by atoms with van der Waals surface area (Å²) in [4.78, 5) is 14.1. The molecule has 0 bridgehead atoms. The second-order valence-corrected chi connectivity index (χ2v) is 7.89. The zero-order chi connectivity index (χ0) is 17.4. The van der Waals surface area contributed by atoms with E-state index >= 15 is 0 Å². The number of amides is 1. The summed E-state index contributed by atoms with van der Waals surface area (Å²) in [6.07, 6.45) is 6.15. The molecule has 3 aliphatic rings. The third-order valence-corrected chi connectivity index (χ3v) is 6.78. The Morgan fingerprint density at radius 2 is 1.96 bits per heavy atom. The van der Waals surface area contributed by atoms with Gasteiger partial charge in [-0.05, 0) is 50.8 Å². The largest absolute Gasteiger partial charge is 0.381 e. The molecule has 1 heterocycles. The number of carbonyl (C=O) groups is 1. The van der Waals surface area contributed by atoms with Gasteiger partial charge < -0.3 is 15.0 Å². The number of hydrogen-bond acceptors (Lipinski definition) is 3. The van der Waals surface area contributed by atoms with Crippen LogP contribution in [0, 0.1) is 11.3 Å². The molecule has 0 aromatic heterocycles. The molecule has 4 nitrogen and oxygen atoms in total. The molecule has 1 aromatic rings. The summed E-state index contributed by atoms with van der Waals surface area (Å²) in [6.45, 7) is 6.56. The highest BCUT2D eigenvalue weighted by Crippen LogP contribution is 2.63. The molecule has 1 aliphatic heterocycles. The van der Waals surface area contributed by atoms with Gasteiger partial charge >= 0.3 is 0 Å². The molecule has 1 aromatic carbocycles. The van der Waals surface area contributed by atoms with E-state index < -0.39 is 0 Å². The van der Waals surface area contributed by atoms with Gasteiger partial charge in [-0.25, -0.2) is 0 Å². The Morgan fingerprint density at radius 1 is 1.24 bits per heavy atom. The zero-order valence-electron chi connectivity index (χ0n) is 15.5. The van der Waals surface area contributed by atoms with Gasteiger partial charge in [-0.15, -0.1) is 0 Å². The summed E-state index contributed by atoms with van der Waals surface area (Å²) in [6, 6.07) is 9.04. The van der Waals surface area contributed by atoms with Crippen molar-refractivity contribution in [1.82, 2.24) is 4.90 Å². The third-order valence-electron chi connectivity index (χ3n) is 6.78. The molecule has 4 heteroatoms. The van der Waals surface area contributed by atoms with Crippen LogP contribution in [0.4, 0.5) is 5.69 Å². The number of nitrogens with zero attached hydrogens (tertiary/aromatic N) is 1. The van der Waals surface area contributed by atoms with Crippen LogP contribution >= 0.6 is 0 Å². The van der Waals surface area contributed by atoms with Crippen molar-refractivity contribution in [2.24, 2.45) is 11.3 Å². The lowest BCUT2D eigenvalue weighted by molar-refractivity contribution is -0.158. The van der Waals surface area contributed by atoms with Crippen LogP contribution in [0.15, 0.2) is 24.3 Å². The first kappa shape index (κ1) is 16.9. The van der Waals surface area contributed by atoms with Gasteiger partial charge in [0, 0.05) is 42.8 Å². The maximum absolute atomic E-state index is 12.2. The second kappa shape index (κ2) is 6.64. The third kappa shape index (κ3) is 2.75. The van der Waals surface area contributed by atoms with Crippen molar-refractivity contribution < 1.29 is 9.53 Å². The summed E-state index contributed by atoms with van der Waals surface area (Å²) in [5.41, 5.74) is 2.68. The van der Waals surface area contributed by atoms with Crippen molar-refractivity contribution >= 4 is 11.6 Å². The Bertz CT molecular complexity index is 619. The van der Waals surface area contributed by atoms with Crippen LogP contribution in [0.2, 0.25) is 0 Å². The number of ether oxygens (including phenoxy) is 1. The van der Waals surface area contributed by atoms with Gasteiger partial charge in [0.25, 0.3) is 0 Å². The van der Waals surface area contributed by atoms with Gasteiger partial charge in [0.1, 0.15) is 0 Å². The lowest BCUT2D eigenvalue weighted by atomic mass is 9.46. The number of anilines is 1. The van der Waals surface area contributed by atoms with Crippen LogP contribution < -0.4 is 5.32 Å². The molecule has 2 saturated carbocycles. The quantitative estimate of drug-likeness (QED) is 0.861. The van der Waals surface area contributed by atoms with E-state index in [4.69, 9.17) is 4.74 Å². The number of fused-ring (bicyclic) bond motifs is 2. The molecule has 0 radical (unpaired) electrons. The van der Waals surface area contributed by atoms with E-state index in [1.165, 1.54) is 31.4 Å². The van der Waals surface area contributed by atoms with Crippen molar-refractivity contribution in [1.29, 1.82) is 0 Å². The Labute approximate surface area is 150 Å². The summed E-state index contributed by atoms with van der Waals surface area (Å²) >= 11 is 0. The predicted octanol–water partition coefficient (Wildman–Crippen LogP) is 3.47. The molecule has 1 amide bonds. The van der Waals surface area contributed by atoms with E-state index in [1.807, 2.05) is 18.7 Å². The van der Waals surface area contributed by atoms with Gasteiger partial charge in [-0.2, -0.15) is 0 Å². The smallest absolute Gasteiger partial charge is 0.226 e. The van der Waals surface area contributed by atoms with Crippen LogP contribution in [0.25, 0.3) is 0 Å². The summed E-state index contributed by atoms with van der Waals surface area (Å²) in [5, 5.41) is 3.79. The molecule has 136 valence electrons. The number of carbonyl (C=O) groups excluding carboxylic acids is 1. The van der Waals surface area contributed by atoms with Crippen LogP contribution in [-0.4, -0.2) is 42.6 Å². The fraction of sp³-hybridized carbons (Fsp3) is 0.667. The number of likely N-dealkylation sites (N-methyl/N-ethyl adjacent to an activating group) is 1. The fourth-order valence-electron chi connectivity index (χ4n) is 5.22. The van der Waals surface area contributed by atoms with Crippen LogP contribution in [0.3, 0.4) is 0 Å². The van der Waals surface area contributed by atoms with Crippen LogP contribution in [0.5, 0.6) is 0 Å². The highest BCUT2D eigenvalue weighted by molar-refractivity contribution is 5.78. The fourth-order valence-corrected chi connectivity index (χ4v) is 5.22. The lowest BCUT2D eigenvalue weighted by Gasteiger charge is -2.63. The summed E-state index contributed by atoms with van der Waals surface area (Å²) < 4.78 is 6.00. The first-order chi connectivity index (χ1) is 12.2. The monoisotopic (exact) mass is 342 g/mol. The molecule has 3 unspecified atom stereocenters. The highest BCUT2D eigenvalue weighted by atomic mass is 16.5. The highest BCUT2D eigenvalue weighted by Gasteiger charge is 2.66. The van der Waals surface area contributed by atoms with E-state index in [1.54, 1.807) is 0 Å². The maximum atomic E-state index is 12.2. The summed E-state index contributed by atoms with van der Waals surface area (Å²) in [5.74, 6) is 0.897. The zero-order valence-corrected chi connectivity index (χ0v) is 15.5. The first-order valence-electron chi connectivity index (χ1n) is 9.93. The van der Waals surface area contributed by atoms with Crippen molar-refractivity contribution in [2.75, 3.05) is 25.0 Å². The van der Waals surface area contributed by atoms with E-state index in [-0.39, 0.29) is 5.91 Å². The number of hydrogen-bond donors (Lipinski definition) is 1. The van der Waals surface area contributed by atoms with Gasteiger partial charge in [0.15, 0.2) is 0 Å². The lowest BCUT2D eigenvalue weighted by Crippen LogP contribution is -2.68. The Hall–Kier alpha value is -1.55. The predicted molar refractivity (Wildman–Crippen MR) is 99.6 cm³/mol. The Balaban J connectivity index is 1.39. The van der Waals surface area contributed by atoms with Crippen molar-refractivity contribution in [3.05, 3.63) is 29.8 Å². The minimum atomic E-state index is 0.212. The Morgan fingerprint density at radius 3 is 2.56 bits per heavy atom. The van der Waals surface area contributed by atoms with Crippen molar-refractivity contribution in [3.63, 3.8) is 0 Å². The van der Waals surface area contributed by atoms with Gasteiger partial charge in [-0.1, -0.05) is 18.6 Å². The molecular weight excluding hydrogens is 312 g/mol. The first-order valence-corrected chi connectivity index (χ1v) is 9.93. The molecule has 1 spiro atoms. The molecule has 4 rings (SSSR count). The standard InChI is InChI=1S/C21H30N2O2/c1-3-23(4-2)18(24)14-15-6-8-16(9-7-15)22-19-17-10-13-25-20(17)21(19)11-5-12-21/h6-9,17,19-20,22H,3-5,10-14H2,1-2H3. The average Bonchev–Trinajstić information content (AvgIpc) is 2.99. The maximum Gasteiger partial charge on any atom is 0.226 e.